The third-order valence-corrected chi connectivity index (χ3v) is 1.45. The number of carboxylic acids is 1. The topological polar surface area (TPSA) is 37.3 Å². The SMILES string of the molecule is C=CCCCC=CC=CCC(=O)O. The molecule has 2 nitrogen and oxygen atoms in total. The number of carbonyl (C=O) groups is 1. The molecule has 0 aliphatic rings. The first kappa shape index (κ1) is 11.7. The Bertz CT molecular complexity index is 202. The van der Waals surface area contributed by atoms with E-state index in [1.807, 2.05) is 18.2 Å². The van der Waals surface area contributed by atoms with Gasteiger partial charge in [-0.3, -0.25) is 4.79 Å². The zero-order valence-corrected chi connectivity index (χ0v) is 7.78. The van der Waals surface area contributed by atoms with Gasteiger partial charge < -0.3 is 5.11 Å². The molecule has 0 fully saturated rings. The van der Waals surface area contributed by atoms with Gasteiger partial charge in [0.1, 0.15) is 0 Å². The predicted molar refractivity (Wildman–Crippen MR) is 54.6 cm³/mol. The van der Waals surface area contributed by atoms with Gasteiger partial charge in [-0.25, -0.2) is 0 Å². The van der Waals surface area contributed by atoms with Crippen molar-refractivity contribution in [2.45, 2.75) is 25.7 Å². The first-order chi connectivity index (χ1) is 6.27. The number of unbranched alkanes of at least 4 members (excludes halogenated alkanes) is 2. The Hall–Kier alpha value is -1.31. The molecule has 13 heavy (non-hydrogen) atoms. The summed E-state index contributed by atoms with van der Waals surface area (Å²) in [6.45, 7) is 3.62. The van der Waals surface area contributed by atoms with Crippen molar-refractivity contribution in [2.24, 2.45) is 0 Å². The van der Waals surface area contributed by atoms with Crippen molar-refractivity contribution in [2.75, 3.05) is 0 Å². The van der Waals surface area contributed by atoms with E-state index in [2.05, 4.69) is 6.58 Å². The molecule has 0 aromatic rings. The summed E-state index contributed by atoms with van der Waals surface area (Å²) in [5.74, 6) is -0.795. The van der Waals surface area contributed by atoms with Gasteiger partial charge in [-0.2, -0.15) is 0 Å². The van der Waals surface area contributed by atoms with Crippen LogP contribution in [0.2, 0.25) is 0 Å². The predicted octanol–water partition coefficient (Wildman–Crippen LogP) is 2.93. The lowest BCUT2D eigenvalue weighted by molar-refractivity contribution is -0.135. The van der Waals surface area contributed by atoms with E-state index in [9.17, 15) is 4.79 Å². The van der Waals surface area contributed by atoms with E-state index in [-0.39, 0.29) is 6.42 Å². The van der Waals surface area contributed by atoms with E-state index in [1.54, 1.807) is 12.2 Å². The third kappa shape index (κ3) is 10.7. The van der Waals surface area contributed by atoms with E-state index < -0.39 is 5.97 Å². The van der Waals surface area contributed by atoms with Crippen LogP contribution >= 0.6 is 0 Å². The van der Waals surface area contributed by atoms with Gasteiger partial charge in [0.15, 0.2) is 0 Å². The lowest BCUT2D eigenvalue weighted by atomic mass is 10.2. The third-order valence-electron chi connectivity index (χ3n) is 1.45. The van der Waals surface area contributed by atoms with Crippen LogP contribution in [0.4, 0.5) is 0 Å². The summed E-state index contributed by atoms with van der Waals surface area (Å²) in [4.78, 5) is 10.1. The molecule has 0 aromatic heterocycles. The highest BCUT2D eigenvalue weighted by atomic mass is 16.4. The van der Waals surface area contributed by atoms with Crippen LogP contribution in [-0.2, 0) is 4.79 Å². The number of hydrogen-bond donors (Lipinski definition) is 1. The zero-order chi connectivity index (χ0) is 9.94. The van der Waals surface area contributed by atoms with Crippen LogP contribution in [0.25, 0.3) is 0 Å². The van der Waals surface area contributed by atoms with Crippen LogP contribution < -0.4 is 0 Å². The molecule has 0 atom stereocenters. The van der Waals surface area contributed by atoms with Crippen LogP contribution in [0, 0.1) is 0 Å². The monoisotopic (exact) mass is 180 g/mol. The Morgan fingerprint density at radius 3 is 2.54 bits per heavy atom. The number of hydrogen-bond acceptors (Lipinski definition) is 1. The lowest BCUT2D eigenvalue weighted by Gasteiger charge is -1.87. The zero-order valence-electron chi connectivity index (χ0n) is 7.78. The molecule has 0 heterocycles. The summed E-state index contributed by atoms with van der Waals surface area (Å²) < 4.78 is 0. The van der Waals surface area contributed by atoms with Crippen molar-refractivity contribution in [3.05, 3.63) is 37.0 Å². The summed E-state index contributed by atoms with van der Waals surface area (Å²) >= 11 is 0. The minimum atomic E-state index is -0.795. The fourth-order valence-electron chi connectivity index (χ4n) is 0.802. The molecule has 0 radical (unpaired) electrons. The molecule has 0 rings (SSSR count). The maximum atomic E-state index is 10.1. The Balaban J connectivity index is 3.34. The Labute approximate surface area is 79.3 Å². The number of rotatable bonds is 7. The molecule has 0 aliphatic carbocycles. The van der Waals surface area contributed by atoms with Gasteiger partial charge in [-0.15, -0.1) is 6.58 Å². The highest BCUT2D eigenvalue weighted by molar-refractivity contribution is 5.68. The standard InChI is InChI=1S/C11H16O2/c1-2-3-4-5-6-7-8-9-10-11(12)13/h2,6-9H,1,3-5,10H2,(H,12,13). The minimum Gasteiger partial charge on any atom is -0.481 e. The molecule has 0 bridgehead atoms. The molecule has 0 amide bonds. The van der Waals surface area contributed by atoms with Crippen LogP contribution in [0.3, 0.4) is 0 Å². The van der Waals surface area contributed by atoms with Gasteiger partial charge in [0, 0.05) is 0 Å². The number of allylic oxidation sites excluding steroid dienone is 4. The highest BCUT2D eigenvalue weighted by Crippen LogP contribution is 1.96. The molecule has 0 aromatic carbocycles. The van der Waals surface area contributed by atoms with Crippen molar-refractivity contribution in [1.29, 1.82) is 0 Å². The summed E-state index contributed by atoms with van der Waals surface area (Å²) in [7, 11) is 0. The minimum absolute atomic E-state index is 0.0942. The molecule has 2 heteroatoms. The second-order valence-corrected chi connectivity index (χ2v) is 2.67. The van der Waals surface area contributed by atoms with Crippen LogP contribution in [0.1, 0.15) is 25.7 Å². The van der Waals surface area contributed by atoms with Crippen molar-refractivity contribution in [3.63, 3.8) is 0 Å². The van der Waals surface area contributed by atoms with Crippen molar-refractivity contribution >= 4 is 5.97 Å². The molecule has 0 unspecified atom stereocenters. The molecule has 1 N–H and O–H groups in total. The molecular weight excluding hydrogens is 164 g/mol. The summed E-state index contributed by atoms with van der Waals surface area (Å²) in [6, 6.07) is 0. The summed E-state index contributed by atoms with van der Waals surface area (Å²) in [6.07, 6.45) is 12.5. The Morgan fingerprint density at radius 1 is 1.23 bits per heavy atom. The lowest BCUT2D eigenvalue weighted by Crippen LogP contribution is -1.89. The molecule has 0 saturated carbocycles. The smallest absolute Gasteiger partial charge is 0.307 e. The van der Waals surface area contributed by atoms with Gasteiger partial charge >= 0.3 is 5.97 Å². The van der Waals surface area contributed by atoms with Gasteiger partial charge in [0.25, 0.3) is 0 Å². The van der Waals surface area contributed by atoms with Gasteiger partial charge in [0.05, 0.1) is 6.42 Å². The van der Waals surface area contributed by atoms with Crippen LogP contribution in [-0.4, -0.2) is 11.1 Å². The van der Waals surface area contributed by atoms with Gasteiger partial charge in [0.2, 0.25) is 0 Å². The second kappa shape index (κ2) is 8.78. The fraction of sp³-hybridized carbons (Fsp3) is 0.364. The highest BCUT2D eigenvalue weighted by Gasteiger charge is 1.86. The quantitative estimate of drug-likeness (QED) is 0.371. The van der Waals surface area contributed by atoms with E-state index in [0.29, 0.717) is 0 Å². The average Bonchev–Trinajstić information content (AvgIpc) is 2.09. The van der Waals surface area contributed by atoms with Crippen molar-refractivity contribution in [1.82, 2.24) is 0 Å². The van der Waals surface area contributed by atoms with Crippen molar-refractivity contribution in [3.8, 4) is 0 Å². The van der Waals surface area contributed by atoms with Crippen molar-refractivity contribution < 1.29 is 9.90 Å². The molecule has 0 spiro atoms. The summed E-state index contributed by atoms with van der Waals surface area (Å²) in [5, 5.41) is 8.30. The Kier molecular flexibility index (Phi) is 7.90. The molecule has 0 saturated heterocycles. The van der Waals surface area contributed by atoms with Crippen LogP contribution in [0.5, 0.6) is 0 Å². The first-order valence-electron chi connectivity index (χ1n) is 4.41. The van der Waals surface area contributed by atoms with E-state index in [0.717, 1.165) is 19.3 Å². The first-order valence-corrected chi connectivity index (χ1v) is 4.41. The average molecular weight is 180 g/mol. The van der Waals surface area contributed by atoms with E-state index in [1.165, 1.54) is 0 Å². The van der Waals surface area contributed by atoms with Crippen LogP contribution in [0.15, 0.2) is 37.0 Å². The number of carboxylic acid groups (broad SMARTS) is 1. The summed E-state index contributed by atoms with van der Waals surface area (Å²) in [5.41, 5.74) is 0. The van der Waals surface area contributed by atoms with Gasteiger partial charge in [-0.05, 0) is 19.3 Å². The second-order valence-electron chi connectivity index (χ2n) is 2.67. The molecule has 0 aliphatic heterocycles. The van der Waals surface area contributed by atoms with E-state index >= 15 is 0 Å². The van der Waals surface area contributed by atoms with E-state index in [4.69, 9.17) is 5.11 Å². The largest absolute Gasteiger partial charge is 0.481 e. The maximum Gasteiger partial charge on any atom is 0.307 e. The normalized spacial score (nSPS) is 11.1. The van der Waals surface area contributed by atoms with Gasteiger partial charge in [-0.1, -0.05) is 30.4 Å². The Morgan fingerprint density at radius 2 is 1.92 bits per heavy atom. The molecular formula is C11H16O2. The maximum absolute atomic E-state index is 10.1. The molecule has 72 valence electrons. The fourth-order valence-corrected chi connectivity index (χ4v) is 0.802. The number of aliphatic carboxylic acids is 1.